The molecule has 1 aromatic rings. The first-order valence-electron chi connectivity index (χ1n) is 8.13. The van der Waals surface area contributed by atoms with Crippen LogP contribution in [-0.4, -0.2) is 47.8 Å². The molecule has 0 atom stereocenters. The van der Waals surface area contributed by atoms with E-state index in [4.69, 9.17) is 0 Å². The number of benzene rings is 1. The quantitative estimate of drug-likeness (QED) is 0.860. The van der Waals surface area contributed by atoms with Gasteiger partial charge in [0.1, 0.15) is 0 Å². The summed E-state index contributed by atoms with van der Waals surface area (Å²) in [5.41, 5.74) is 3.45. The molecule has 1 aliphatic rings. The average molecular weight is 302 g/mol. The number of hydrogen-bond acceptors (Lipinski definition) is 2. The number of carbonyl (C=O) groups is 2. The van der Waals surface area contributed by atoms with Crippen molar-refractivity contribution < 1.29 is 9.59 Å². The molecule has 1 fully saturated rings. The summed E-state index contributed by atoms with van der Waals surface area (Å²) >= 11 is 0. The Morgan fingerprint density at radius 3 is 2.27 bits per heavy atom. The molecule has 0 saturated carbocycles. The second-order valence-corrected chi connectivity index (χ2v) is 6.08. The monoisotopic (exact) mass is 302 g/mol. The van der Waals surface area contributed by atoms with Gasteiger partial charge in [0.2, 0.25) is 11.8 Å². The highest BCUT2D eigenvalue weighted by molar-refractivity contribution is 5.79. The van der Waals surface area contributed by atoms with Crippen molar-refractivity contribution in [3.63, 3.8) is 0 Å². The van der Waals surface area contributed by atoms with E-state index in [1.54, 1.807) is 0 Å². The molecule has 1 aromatic carbocycles. The number of hydrogen-bond donors (Lipinski definition) is 0. The maximum absolute atomic E-state index is 12.6. The van der Waals surface area contributed by atoms with E-state index in [1.807, 2.05) is 30.6 Å². The molecule has 0 radical (unpaired) electrons. The highest BCUT2D eigenvalue weighted by atomic mass is 16.2. The van der Waals surface area contributed by atoms with Gasteiger partial charge in [0.25, 0.3) is 0 Å². The molecule has 0 unspecified atom stereocenters. The first kappa shape index (κ1) is 16.5. The smallest absolute Gasteiger partial charge is 0.227 e. The minimum absolute atomic E-state index is 0.166. The summed E-state index contributed by atoms with van der Waals surface area (Å²) in [6.45, 7) is 8.80. The number of aryl methyl sites for hydroxylation is 2. The summed E-state index contributed by atoms with van der Waals surface area (Å²) in [5.74, 6) is 0.350. The molecule has 4 heteroatoms. The molecule has 0 aromatic heterocycles. The van der Waals surface area contributed by atoms with Crippen LogP contribution < -0.4 is 0 Å². The fourth-order valence-electron chi connectivity index (χ4n) is 2.91. The number of nitrogens with zero attached hydrogens (tertiary/aromatic N) is 2. The molecular formula is C18H26N2O2. The van der Waals surface area contributed by atoms with Crippen molar-refractivity contribution in [3.05, 3.63) is 34.9 Å². The molecule has 0 N–H and O–H groups in total. The van der Waals surface area contributed by atoms with Crippen LogP contribution in [0.5, 0.6) is 0 Å². The van der Waals surface area contributed by atoms with Crippen LogP contribution in [0, 0.1) is 13.8 Å². The zero-order valence-electron chi connectivity index (χ0n) is 13.9. The molecule has 0 aliphatic carbocycles. The number of amides is 2. The lowest BCUT2D eigenvalue weighted by Crippen LogP contribution is -2.37. The van der Waals surface area contributed by atoms with E-state index in [-0.39, 0.29) is 11.8 Å². The Hall–Kier alpha value is -1.84. The second kappa shape index (κ2) is 7.43. The fourth-order valence-corrected chi connectivity index (χ4v) is 2.91. The fraction of sp³-hybridized carbons (Fsp3) is 0.556. The molecule has 0 spiro atoms. The third-order valence-corrected chi connectivity index (χ3v) is 4.35. The molecule has 22 heavy (non-hydrogen) atoms. The minimum atomic E-state index is 0.166. The lowest BCUT2D eigenvalue weighted by atomic mass is 10.0. The molecule has 1 saturated heterocycles. The molecule has 1 heterocycles. The molecule has 1 aliphatic heterocycles. The highest BCUT2D eigenvalue weighted by Crippen LogP contribution is 2.14. The van der Waals surface area contributed by atoms with Crippen LogP contribution in [0.2, 0.25) is 0 Å². The summed E-state index contributed by atoms with van der Waals surface area (Å²) in [5, 5.41) is 0. The lowest BCUT2D eigenvalue weighted by Gasteiger charge is -2.22. The average Bonchev–Trinajstić information content (AvgIpc) is 2.76. The lowest BCUT2D eigenvalue weighted by molar-refractivity contribution is -0.133. The maximum atomic E-state index is 12.6. The van der Waals surface area contributed by atoms with Crippen molar-refractivity contribution in [3.8, 4) is 0 Å². The van der Waals surface area contributed by atoms with Crippen LogP contribution in [0.15, 0.2) is 18.2 Å². The van der Waals surface area contributed by atoms with Crippen LogP contribution in [0.3, 0.4) is 0 Å². The third-order valence-electron chi connectivity index (χ3n) is 4.35. The Bertz CT molecular complexity index is 554. The summed E-state index contributed by atoms with van der Waals surface area (Å²) in [6.07, 6.45) is 1.86. The third kappa shape index (κ3) is 4.09. The molecule has 120 valence electrons. The Morgan fingerprint density at radius 1 is 1.00 bits per heavy atom. The van der Waals surface area contributed by atoms with Crippen LogP contribution in [-0.2, 0) is 16.0 Å². The second-order valence-electron chi connectivity index (χ2n) is 6.08. The van der Waals surface area contributed by atoms with Gasteiger partial charge < -0.3 is 9.80 Å². The highest BCUT2D eigenvalue weighted by Gasteiger charge is 2.21. The Balaban J connectivity index is 1.98. The topological polar surface area (TPSA) is 40.6 Å². The van der Waals surface area contributed by atoms with Crippen LogP contribution in [0.4, 0.5) is 0 Å². The normalized spacial score (nSPS) is 15.6. The van der Waals surface area contributed by atoms with Crippen molar-refractivity contribution >= 4 is 11.8 Å². The van der Waals surface area contributed by atoms with Crippen LogP contribution in [0.25, 0.3) is 0 Å². The van der Waals surface area contributed by atoms with Gasteiger partial charge in [0.05, 0.1) is 6.42 Å². The van der Waals surface area contributed by atoms with Gasteiger partial charge in [0.15, 0.2) is 0 Å². The van der Waals surface area contributed by atoms with Gasteiger partial charge in [-0.25, -0.2) is 0 Å². The predicted octanol–water partition coefficient (Wildman–Crippen LogP) is 2.32. The van der Waals surface area contributed by atoms with E-state index in [0.29, 0.717) is 25.9 Å². The first-order chi connectivity index (χ1) is 10.5. The van der Waals surface area contributed by atoms with Gasteiger partial charge in [0, 0.05) is 32.6 Å². The van der Waals surface area contributed by atoms with E-state index in [9.17, 15) is 9.59 Å². The van der Waals surface area contributed by atoms with Crippen molar-refractivity contribution in [1.82, 2.24) is 9.80 Å². The van der Waals surface area contributed by atoms with Gasteiger partial charge in [-0.15, -0.1) is 0 Å². The van der Waals surface area contributed by atoms with Crippen LogP contribution in [0.1, 0.15) is 36.5 Å². The zero-order valence-corrected chi connectivity index (χ0v) is 13.9. The van der Waals surface area contributed by atoms with Crippen molar-refractivity contribution in [2.24, 2.45) is 0 Å². The van der Waals surface area contributed by atoms with Gasteiger partial charge in [-0.3, -0.25) is 9.59 Å². The molecule has 4 nitrogen and oxygen atoms in total. The maximum Gasteiger partial charge on any atom is 0.227 e. The standard InChI is InChI=1S/C18H26N2O2/c1-4-17(21)19-8-5-9-20(11-10-19)18(22)13-16-12-14(2)6-7-15(16)3/h6-7,12H,4-5,8-11,13H2,1-3H3. The van der Waals surface area contributed by atoms with E-state index in [1.165, 1.54) is 5.56 Å². The summed E-state index contributed by atoms with van der Waals surface area (Å²) in [4.78, 5) is 28.1. The first-order valence-corrected chi connectivity index (χ1v) is 8.13. The summed E-state index contributed by atoms with van der Waals surface area (Å²) < 4.78 is 0. The van der Waals surface area contributed by atoms with E-state index >= 15 is 0 Å². The van der Waals surface area contributed by atoms with E-state index in [2.05, 4.69) is 18.2 Å². The van der Waals surface area contributed by atoms with Crippen molar-refractivity contribution in [2.45, 2.75) is 40.0 Å². The van der Waals surface area contributed by atoms with Gasteiger partial charge >= 0.3 is 0 Å². The zero-order chi connectivity index (χ0) is 16.1. The Labute approximate surface area is 133 Å². The Morgan fingerprint density at radius 2 is 1.64 bits per heavy atom. The van der Waals surface area contributed by atoms with Crippen molar-refractivity contribution in [2.75, 3.05) is 26.2 Å². The van der Waals surface area contributed by atoms with Gasteiger partial charge in [-0.2, -0.15) is 0 Å². The molecule has 0 bridgehead atoms. The van der Waals surface area contributed by atoms with Crippen molar-refractivity contribution in [1.29, 1.82) is 0 Å². The number of rotatable bonds is 3. The molecule has 2 amide bonds. The molecule has 2 rings (SSSR count). The summed E-state index contributed by atoms with van der Waals surface area (Å²) in [7, 11) is 0. The Kier molecular flexibility index (Phi) is 5.58. The SMILES string of the molecule is CCC(=O)N1CCCN(C(=O)Cc2cc(C)ccc2C)CC1. The largest absolute Gasteiger partial charge is 0.341 e. The summed E-state index contributed by atoms with van der Waals surface area (Å²) in [6, 6.07) is 6.24. The van der Waals surface area contributed by atoms with Gasteiger partial charge in [-0.1, -0.05) is 30.7 Å². The van der Waals surface area contributed by atoms with Gasteiger partial charge in [-0.05, 0) is 31.4 Å². The predicted molar refractivity (Wildman–Crippen MR) is 87.7 cm³/mol. The number of carbonyl (C=O) groups excluding carboxylic acids is 2. The minimum Gasteiger partial charge on any atom is -0.341 e. The van der Waals surface area contributed by atoms with Crippen LogP contribution >= 0.6 is 0 Å². The van der Waals surface area contributed by atoms with E-state index < -0.39 is 0 Å². The molecular weight excluding hydrogens is 276 g/mol. The van der Waals surface area contributed by atoms with E-state index in [0.717, 1.165) is 30.6 Å².